The summed E-state index contributed by atoms with van der Waals surface area (Å²) < 4.78 is 0. The molecule has 2 unspecified atom stereocenters. The van der Waals surface area contributed by atoms with Crippen molar-refractivity contribution in [2.24, 2.45) is 11.8 Å². The van der Waals surface area contributed by atoms with E-state index in [0.29, 0.717) is 6.04 Å². The molecule has 1 heterocycles. The zero-order chi connectivity index (χ0) is 13.7. The Balaban J connectivity index is 1.79. The van der Waals surface area contributed by atoms with Crippen molar-refractivity contribution in [3.63, 3.8) is 0 Å². The van der Waals surface area contributed by atoms with Gasteiger partial charge in [-0.2, -0.15) is 0 Å². The summed E-state index contributed by atoms with van der Waals surface area (Å²) in [5, 5.41) is 3.71. The van der Waals surface area contributed by atoms with Crippen LogP contribution in [0.15, 0.2) is 18.2 Å². The average Bonchev–Trinajstić information content (AvgIpc) is 2.36. The average molecular weight is 260 g/mol. The fourth-order valence-electron chi connectivity index (χ4n) is 3.30. The lowest BCUT2D eigenvalue weighted by atomic mass is 9.81. The SMILES string of the molecule is Cc1cccc(CNC2CCCC(CC(C)C)C2)n1. The summed E-state index contributed by atoms with van der Waals surface area (Å²) in [5.74, 6) is 1.76. The highest BCUT2D eigenvalue weighted by Gasteiger charge is 2.22. The molecule has 2 nitrogen and oxygen atoms in total. The maximum Gasteiger partial charge on any atom is 0.0544 e. The highest BCUT2D eigenvalue weighted by Crippen LogP contribution is 2.29. The van der Waals surface area contributed by atoms with Crippen molar-refractivity contribution in [1.82, 2.24) is 10.3 Å². The van der Waals surface area contributed by atoms with E-state index < -0.39 is 0 Å². The third kappa shape index (κ3) is 4.94. The standard InChI is InChI=1S/C17H28N2/c1-13(2)10-15-7-5-8-16(11-15)18-12-17-9-4-6-14(3)19-17/h4,6,9,13,15-16,18H,5,7-8,10-12H2,1-3H3. The van der Waals surface area contributed by atoms with E-state index in [0.717, 1.165) is 24.1 Å². The Morgan fingerprint density at radius 2 is 2.16 bits per heavy atom. The highest BCUT2D eigenvalue weighted by atomic mass is 14.9. The highest BCUT2D eigenvalue weighted by molar-refractivity contribution is 5.09. The monoisotopic (exact) mass is 260 g/mol. The quantitative estimate of drug-likeness (QED) is 0.862. The molecule has 1 aliphatic rings. The van der Waals surface area contributed by atoms with Crippen molar-refractivity contribution in [1.29, 1.82) is 0 Å². The smallest absolute Gasteiger partial charge is 0.0544 e. The first kappa shape index (κ1) is 14.5. The van der Waals surface area contributed by atoms with Gasteiger partial charge in [0.1, 0.15) is 0 Å². The van der Waals surface area contributed by atoms with Crippen LogP contribution in [0.1, 0.15) is 57.3 Å². The van der Waals surface area contributed by atoms with Gasteiger partial charge in [-0.15, -0.1) is 0 Å². The van der Waals surface area contributed by atoms with E-state index in [-0.39, 0.29) is 0 Å². The summed E-state index contributed by atoms with van der Waals surface area (Å²) in [6.07, 6.45) is 6.89. The van der Waals surface area contributed by atoms with E-state index >= 15 is 0 Å². The molecule has 0 amide bonds. The van der Waals surface area contributed by atoms with Gasteiger partial charge in [0.2, 0.25) is 0 Å². The lowest BCUT2D eigenvalue weighted by Gasteiger charge is -2.30. The van der Waals surface area contributed by atoms with Crippen molar-refractivity contribution in [2.75, 3.05) is 0 Å². The van der Waals surface area contributed by atoms with Gasteiger partial charge in [-0.3, -0.25) is 4.98 Å². The molecule has 2 heteroatoms. The van der Waals surface area contributed by atoms with E-state index in [1.165, 1.54) is 37.8 Å². The molecule has 1 aromatic heterocycles. The molecule has 1 aliphatic carbocycles. The molecular weight excluding hydrogens is 232 g/mol. The first-order chi connectivity index (χ1) is 9.13. The summed E-state index contributed by atoms with van der Waals surface area (Å²) >= 11 is 0. The third-order valence-corrected chi connectivity index (χ3v) is 4.11. The van der Waals surface area contributed by atoms with Gasteiger partial charge in [0, 0.05) is 18.3 Å². The van der Waals surface area contributed by atoms with Crippen LogP contribution in [0.2, 0.25) is 0 Å². The molecule has 0 radical (unpaired) electrons. The Morgan fingerprint density at radius 3 is 2.89 bits per heavy atom. The van der Waals surface area contributed by atoms with Crippen LogP contribution < -0.4 is 5.32 Å². The summed E-state index contributed by atoms with van der Waals surface area (Å²) in [6.45, 7) is 7.66. The number of aryl methyl sites for hydroxylation is 1. The number of hydrogen-bond acceptors (Lipinski definition) is 2. The normalized spacial score (nSPS) is 23.8. The molecule has 0 aliphatic heterocycles. The maximum absolute atomic E-state index is 4.56. The van der Waals surface area contributed by atoms with Crippen molar-refractivity contribution < 1.29 is 0 Å². The van der Waals surface area contributed by atoms with E-state index in [1.54, 1.807) is 0 Å². The molecule has 1 aromatic rings. The molecule has 0 spiro atoms. The maximum atomic E-state index is 4.56. The van der Waals surface area contributed by atoms with Gasteiger partial charge >= 0.3 is 0 Å². The first-order valence-electron chi connectivity index (χ1n) is 7.79. The zero-order valence-electron chi connectivity index (χ0n) is 12.7. The van der Waals surface area contributed by atoms with Crippen LogP contribution in [0.5, 0.6) is 0 Å². The predicted octanol–water partition coefficient (Wildman–Crippen LogP) is 4.08. The van der Waals surface area contributed by atoms with Crippen molar-refractivity contribution in [3.05, 3.63) is 29.6 Å². The minimum absolute atomic E-state index is 0.694. The van der Waals surface area contributed by atoms with E-state index in [1.807, 2.05) is 0 Å². The van der Waals surface area contributed by atoms with Crippen LogP contribution in [0.4, 0.5) is 0 Å². The Bertz CT molecular complexity index is 387. The van der Waals surface area contributed by atoms with Crippen LogP contribution in [0.3, 0.4) is 0 Å². The Labute approximate surface area is 118 Å². The Morgan fingerprint density at radius 1 is 1.32 bits per heavy atom. The van der Waals surface area contributed by atoms with Gasteiger partial charge < -0.3 is 5.32 Å². The van der Waals surface area contributed by atoms with Crippen molar-refractivity contribution in [2.45, 2.75) is 65.5 Å². The van der Waals surface area contributed by atoms with Gasteiger partial charge in [-0.05, 0) is 50.2 Å². The van der Waals surface area contributed by atoms with Gasteiger partial charge in [-0.1, -0.05) is 32.8 Å². The Kier molecular flexibility index (Phi) is 5.38. The number of pyridine rings is 1. The van der Waals surface area contributed by atoms with E-state index in [9.17, 15) is 0 Å². The van der Waals surface area contributed by atoms with Crippen LogP contribution in [-0.2, 0) is 6.54 Å². The van der Waals surface area contributed by atoms with Gasteiger partial charge in [0.15, 0.2) is 0 Å². The summed E-state index contributed by atoms with van der Waals surface area (Å²) in [7, 11) is 0. The number of hydrogen-bond donors (Lipinski definition) is 1. The summed E-state index contributed by atoms with van der Waals surface area (Å²) in [4.78, 5) is 4.56. The van der Waals surface area contributed by atoms with E-state index in [4.69, 9.17) is 0 Å². The fraction of sp³-hybridized carbons (Fsp3) is 0.706. The molecule has 0 aromatic carbocycles. The Hall–Kier alpha value is -0.890. The number of nitrogens with zero attached hydrogens (tertiary/aromatic N) is 1. The molecular formula is C17H28N2. The van der Waals surface area contributed by atoms with Crippen molar-refractivity contribution >= 4 is 0 Å². The third-order valence-electron chi connectivity index (χ3n) is 4.11. The first-order valence-corrected chi connectivity index (χ1v) is 7.79. The second kappa shape index (κ2) is 7.04. The number of rotatable bonds is 5. The minimum atomic E-state index is 0.694. The molecule has 1 N–H and O–H groups in total. The molecule has 106 valence electrons. The minimum Gasteiger partial charge on any atom is -0.308 e. The molecule has 0 saturated heterocycles. The van der Waals surface area contributed by atoms with Gasteiger partial charge in [0.25, 0.3) is 0 Å². The molecule has 0 bridgehead atoms. The van der Waals surface area contributed by atoms with Crippen LogP contribution in [0, 0.1) is 18.8 Å². The number of nitrogens with one attached hydrogen (secondary N) is 1. The summed E-state index contributed by atoms with van der Waals surface area (Å²) in [5.41, 5.74) is 2.28. The van der Waals surface area contributed by atoms with Gasteiger partial charge in [-0.25, -0.2) is 0 Å². The predicted molar refractivity (Wildman–Crippen MR) is 81.0 cm³/mol. The number of aromatic nitrogens is 1. The van der Waals surface area contributed by atoms with Gasteiger partial charge in [0.05, 0.1) is 5.69 Å². The lowest BCUT2D eigenvalue weighted by molar-refractivity contribution is 0.251. The topological polar surface area (TPSA) is 24.9 Å². The van der Waals surface area contributed by atoms with Crippen LogP contribution in [0.25, 0.3) is 0 Å². The molecule has 1 fully saturated rings. The zero-order valence-corrected chi connectivity index (χ0v) is 12.7. The summed E-state index contributed by atoms with van der Waals surface area (Å²) in [6, 6.07) is 6.97. The van der Waals surface area contributed by atoms with Crippen LogP contribution in [-0.4, -0.2) is 11.0 Å². The molecule has 1 saturated carbocycles. The van der Waals surface area contributed by atoms with Crippen LogP contribution >= 0.6 is 0 Å². The van der Waals surface area contributed by atoms with E-state index in [2.05, 4.69) is 49.3 Å². The molecule has 2 atom stereocenters. The molecule has 19 heavy (non-hydrogen) atoms. The lowest BCUT2D eigenvalue weighted by Crippen LogP contribution is -2.34. The second-order valence-electron chi connectivity index (χ2n) is 6.51. The fourth-order valence-corrected chi connectivity index (χ4v) is 3.30. The largest absolute Gasteiger partial charge is 0.308 e. The molecule has 2 rings (SSSR count). The second-order valence-corrected chi connectivity index (χ2v) is 6.51. The van der Waals surface area contributed by atoms with Crippen molar-refractivity contribution in [3.8, 4) is 0 Å².